The number of hydrogen-bond donors (Lipinski definition) is 0. The number of carbonyl (C=O) groups excluding carboxylic acids is 1. The van der Waals surface area contributed by atoms with Crippen molar-refractivity contribution in [3.05, 3.63) is 34.4 Å². The molecule has 0 spiro atoms. The average Bonchev–Trinajstić information content (AvgIpc) is 2.53. The topological polar surface area (TPSA) is 17.1 Å². The van der Waals surface area contributed by atoms with E-state index >= 15 is 0 Å². The van der Waals surface area contributed by atoms with Crippen LogP contribution in [0.5, 0.6) is 0 Å². The molecule has 1 nitrogen and oxygen atoms in total. The normalized spacial score (nSPS) is 11.8. The molecule has 0 aliphatic heterocycles. The van der Waals surface area contributed by atoms with Crippen molar-refractivity contribution in [1.29, 1.82) is 0 Å². The van der Waals surface area contributed by atoms with Crippen molar-refractivity contribution in [2.24, 2.45) is 0 Å². The van der Waals surface area contributed by atoms with Gasteiger partial charge in [0.2, 0.25) is 0 Å². The van der Waals surface area contributed by atoms with Crippen LogP contribution in [0.4, 0.5) is 0 Å². The second-order valence-corrected chi connectivity index (χ2v) is 20.6. The molecule has 0 amide bonds. The van der Waals surface area contributed by atoms with Crippen LogP contribution in [0.2, 0.25) is 13.3 Å². The van der Waals surface area contributed by atoms with E-state index in [1.165, 1.54) is 68.5 Å². The summed E-state index contributed by atoms with van der Waals surface area (Å²) in [5.41, 5.74) is 4.80. The van der Waals surface area contributed by atoms with Crippen LogP contribution in [-0.4, -0.2) is 22.2 Å². The molecule has 0 aliphatic rings. The van der Waals surface area contributed by atoms with Crippen molar-refractivity contribution < 1.29 is 4.79 Å². The van der Waals surface area contributed by atoms with Gasteiger partial charge < -0.3 is 0 Å². The quantitative estimate of drug-likeness (QED) is 0.335. The Bertz CT molecular complexity index is 488. The number of aryl methyl sites for hydroxylation is 3. The van der Waals surface area contributed by atoms with Crippen LogP contribution in [0.25, 0.3) is 0 Å². The molecule has 0 unspecified atom stereocenters. The summed E-state index contributed by atoms with van der Waals surface area (Å²) in [6.07, 6.45) is 7.40. The molecule has 0 bridgehead atoms. The first-order chi connectivity index (χ1) is 11.4. The molecule has 1 rings (SSSR count). The number of benzene rings is 1. The second kappa shape index (κ2) is 10.6. The first kappa shape index (κ1) is 21.7. The van der Waals surface area contributed by atoms with Gasteiger partial charge in [-0.1, -0.05) is 0 Å². The molecular formula is C22H38OSn. The summed E-state index contributed by atoms with van der Waals surface area (Å²) in [5.74, 6) is 0. The number of carbonyl (C=O) groups is 1. The summed E-state index contributed by atoms with van der Waals surface area (Å²) in [7, 11) is 0. The van der Waals surface area contributed by atoms with Crippen LogP contribution < -0.4 is 0 Å². The van der Waals surface area contributed by atoms with Crippen molar-refractivity contribution in [2.75, 3.05) is 0 Å². The van der Waals surface area contributed by atoms with Crippen molar-refractivity contribution in [3.8, 4) is 0 Å². The SMILES string of the molecule is CCC[CH2][Sn]([CH2]CCC)([CH2]CCC)[C](=O)c1c(C)cc(C)cc1C. The molecule has 136 valence electrons. The van der Waals surface area contributed by atoms with Gasteiger partial charge in [0.25, 0.3) is 0 Å². The number of hydrogen-bond acceptors (Lipinski definition) is 1. The zero-order chi connectivity index (χ0) is 18.2. The van der Waals surface area contributed by atoms with Crippen LogP contribution >= 0.6 is 0 Å². The van der Waals surface area contributed by atoms with Crippen molar-refractivity contribution in [1.82, 2.24) is 0 Å². The standard InChI is InChI=1S/C10H11O.3C4H9.Sn/c1-7-4-8(2)10(6-11)9(3)5-7;3*1-3-4-2;/h4-5H,1-3H3;3*1,3-4H2,2H3;. The molecule has 2 heteroatoms. The zero-order valence-electron chi connectivity index (χ0n) is 16.9. The summed E-state index contributed by atoms with van der Waals surface area (Å²) in [4.78, 5) is 13.8. The van der Waals surface area contributed by atoms with E-state index in [4.69, 9.17) is 0 Å². The van der Waals surface area contributed by atoms with Gasteiger partial charge in [-0.05, 0) is 0 Å². The Hall–Kier alpha value is -0.311. The van der Waals surface area contributed by atoms with Gasteiger partial charge in [-0.3, -0.25) is 0 Å². The van der Waals surface area contributed by atoms with Gasteiger partial charge in [0.15, 0.2) is 0 Å². The van der Waals surface area contributed by atoms with E-state index in [-0.39, 0.29) is 0 Å². The molecule has 1 aromatic carbocycles. The van der Waals surface area contributed by atoms with Gasteiger partial charge >= 0.3 is 155 Å². The molecule has 0 fully saturated rings. The molecule has 0 aliphatic carbocycles. The Balaban J connectivity index is 3.31. The van der Waals surface area contributed by atoms with Gasteiger partial charge in [-0.2, -0.15) is 0 Å². The number of unbranched alkanes of at least 4 members (excludes halogenated alkanes) is 3. The van der Waals surface area contributed by atoms with E-state index in [1.807, 2.05) is 0 Å². The van der Waals surface area contributed by atoms with E-state index in [1.54, 1.807) is 0 Å². The Kier molecular flexibility index (Phi) is 9.62. The first-order valence-corrected chi connectivity index (χ1v) is 17.5. The molecule has 1 aromatic rings. The molecule has 24 heavy (non-hydrogen) atoms. The molecule has 0 heterocycles. The third-order valence-electron chi connectivity index (χ3n) is 5.41. The fourth-order valence-electron chi connectivity index (χ4n) is 4.06. The van der Waals surface area contributed by atoms with E-state index in [2.05, 4.69) is 53.7 Å². The van der Waals surface area contributed by atoms with Crippen molar-refractivity contribution in [2.45, 2.75) is 93.4 Å². The summed E-state index contributed by atoms with van der Waals surface area (Å²) in [6.45, 7) is 13.2. The Morgan fingerprint density at radius 1 is 0.792 bits per heavy atom. The predicted octanol–water partition coefficient (Wildman–Crippen LogP) is 7.18. The summed E-state index contributed by atoms with van der Waals surface area (Å²) in [6, 6.07) is 4.41. The minimum atomic E-state index is -2.83. The van der Waals surface area contributed by atoms with Crippen molar-refractivity contribution in [3.63, 3.8) is 0 Å². The molecule has 0 saturated heterocycles. The maximum atomic E-state index is 13.8. The molecule has 0 N–H and O–H groups in total. The molecule has 0 aromatic heterocycles. The fourth-order valence-corrected chi connectivity index (χ4v) is 19.6. The van der Waals surface area contributed by atoms with Crippen LogP contribution in [0.1, 0.15) is 86.3 Å². The Morgan fingerprint density at radius 2 is 1.17 bits per heavy atom. The van der Waals surface area contributed by atoms with E-state index in [0.29, 0.717) is 3.80 Å². The Labute approximate surface area is 154 Å². The first-order valence-electron chi connectivity index (χ1n) is 10.0. The van der Waals surface area contributed by atoms with E-state index < -0.39 is 18.4 Å². The molecule has 0 radical (unpaired) electrons. The van der Waals surface area contributed by atoms with Gasteiger partial charge in [0, 0.05) is 0 Å². The van der Waals surface area contributed by atoms with Crippen LogP contribution in [0.3, 0.4) is 0 Å². The van der Waals surface area contributed by atoms with E-state index in [9.17, 15) is 4.79 Å². The third kappa shape index (κ3) is 5.61. The summed E-state index contributed by atoms with van der Waals surface area (Å²) < 4.78 is 4.42. The fraction of sp³-hybridized carbons (Fsp3) is 0.682. The van der Waals surface area contributed by atoms with Crippen LogP contribution in [0.15, 0.2) is 12.1 Å². The van der Waals surface area contributed by atoms with Crippen molar-refractivity contribution >= 4 is 22.2 Å². The average molecular weight is 437 g/mol. The van der Waals surface area contributed by atoms with Crippen LogP contribution in [0, 0.1) is 20.8 Å². The Morgan fingerprint density at radius 3 is 1.50 bits per heavy atom. The van der Waals surface area contributed by atoms with Gasteiger partial charge in [0.1, 0.15) is 0 Å². The molecule has 0 saturated carbocycles. The zero-order valence-corrected chi connectivity index (χ0v) is 19.8. The predicted molar refractivity (Wildman–Crippen MR) is 110 cm³/mol. The monoisotopic (exact) mass is 438 g/mol. The van der Waals surface area contributed by atoms with Crippen LogP contribution in [-0.2, 0) is 0 Å². The van der Waals surface area contributed by atoms with Gasteiger partial charge in [-0.15, -0.1) is 0 Å². The van der Waals surface area contributed by atoms with Gasteiger partial charge in [-0.25, -0.2) is 0 Å². The minimum absolute atomic E-state index is 0.634. The molecular weight excluding hydrogens is 399 g/mol. The summed E-state index contributed by atoms with van der Waals surface area (Å²) >= 11 is -2.83. The van der Waals surface area contributed by atoms with Gasteiger partial charge in [0.05, 0.1) is 0 Å². The second-order valence-electron chi connectivity index (χ2n) is 7.69. The summed E-state index contributed by atoms with van der Waals surface area (Å²) in [5, 5.41) is 0. The third-order valence-corrected chi connectivity index (χ3v) is 20.1. The molecule has 0 atom stereocenters. The maximum absolute atomic E-state index is 13.8. The van der Waals surface area contributed by atoms with E-state index in [0.717, 1.165) is 5.56 Å². The number of rotatable bonds is 11.